The molecule has 0 unspecified atom stereocenters. The molecule has 3 nitrogen and oxygen atoms in total. The highest BCUT2D eigenvalue weighted by Gasteiger charge is 2.07. The van der Waals surface area contributed by atoms with E-state index < -0.39 is 0 Å². The number of rotatable bonds is 5. The SMILES string of the molecule is CO/C=C/c1cc(OC)ccc1-c1ccc2cc(OC)ccc2c1. The minimum atomic E-state index is 0.819. The third kappa shape index (κ3) is 3.20. The minimum Gasteiger partial charge on any atom is -0.504 e. The Hall–Kier alpha value is -2.94. The zero-order chi connectivity index (χ0) is 16.9. The summed E-state index contributed by atoms with van der Waals surface area (Å²) in [6.45, 7) is 0. The molecule has 0 heterocycles. The van der Waals surface area contributed by atoms with Crippen molar-refractivity contribution in [2.24, 2.45) is 0 Å². The lowest BCUT2D eigenvalue weighted by molar-refractivity contribution is 0.341. The van der Waals surface area contributed by atoms with Crippen LogP contribution in [0, 0.1) is 0 Å². The molecule has 0 fully saturated rings. The first-order chi connectivity index (χ1) is 11.7. The molecule has 0 aliphatic rings. The minimum absolute atomic E-state index is 0.819. The van der Waals surface area contributed by atoms with E-state index in [9.17, 15) is 0 Å². The molecule has 0 aliphatic carbocycles. The number of fused-ring (bicyclic) bond motifs is 1. The van der Waals surface area contributed by atoms with Crippen LogP contribution in [-0.4, -0.2) is 21.3 Å². The van der Waals surface area contributed by atoms with Gasteiger partial charge in [-0.25, -0.2) is 0 Å². The second-order valence-corrected chi connectivity index (χ2v) is 5.42. The molecule has 0 saturated heterocycles. The van der Waals surface area contributed by atoms with Crippen molar-refractivity contribution in [1.82, 2.24) is 0 Å². The number of hydrogen-bond acceptors (Lipinski definition) is 3. The molecule has 0 aliphatic heterocycles. The Balaban J connectivity index is 2.10. The molecular formula is C21H20O3. The van der Waals surface area contributed by atoms with E-state index >= 15 is 0 Å². The van der Waals surface area contributed by atoms with Gasteiger partial charge in [0.15, 0.2) is 0 Å². The molecule has 3 aromatic carbocycles. The monoisotopic (exact) mass is 320 g/mol. The van der Waals surface area contributed by atoms with E-state index in [2.05, 4.69) is 30.3 Å². The summed E-state index contributed by atoms with van der Waals surface area (Å²) in [4.78, 5) is 0. The van der Waals surface area contributed by atoms with Gasteiger partial charge in [-0.1, -0.05) is 24.3 Å². The molecular weight excluding hydrogens is 300 g/mol. The van der Waals surface area contributed by atoms with E-state index in [4.69, 9.17) is 14.2 Å². The summed E-state index contributed by atoms with van der Waals surface area (Å²) in [5.74, 6) is 1.68. The molecule has 24 heavy (non-hydrogen) atoms. The lowest BCUT2D eigenvalue weighted by Crippen LogP contribution is -1.88. The number of hydrogen-bond donors (Lipinski definition) is 0. The second-order valence-electron chi connectivity index (χ2n) is 5.42. The Labute approximate surface area is 142 Å². The van der Waals surface area contributed by atoms with Gasteiger partial charge in [-0.15, -0.1) is 0 Å². The molecule has 0 bridgehead atoms. The normalized spacial score (nSPS) is 11.0. The van der Waals surface area contributed by atoms with Crippen LogP contribution < -0.4 is 9.47 Å². The first-order valence-electron chi connectivity index (χ1n) is 7.70. The van der Waals surface area contributed by atoms with Crippen molar-refractivity contribution in [2.75, 3.05) is 21.3 Å². The molecule has 3 rings (SSSR count). The quantitative estimate of drug-likeness (QED) is 0.609. The van der Waals surface area contributed by atoms with Gasteiger partial charge < -0.3 is 14.2 Å². The molecule has 0 spiro atoms. The summed E-state index contributed by atoms with van der Waals surface area (Å²) < 4.78 is 15.7. The van der Waals surface area contributed by atoms with Gasteiger partial charge in [0.05, 0.1) is 27.6 Å². The predicted octanol–water partition coefficient (Wildman–Crippen LogP) is 5.14. The highest BCUT2D eigenvalue weighted by Crippen LogP contribution is 2.31. The number of ether oxygens (including phenoxy) is 3. The van der Waals surface area contributed by atoms with Gasteiger partial charge in [0.1, 0.15) is 11.5 Å². The van der Waals surface area contributed by atoms with Crippen LogP contribution in [0.5, 0.6) is 11.5 Å². The first-order valence-corrected chi connectivity index (χ1v) is 7.70. The Bertz CT molecular complexity index is 881. The molecule has 122 valence electrons. The van der Waals surface area contributed by atoms with Gasteiger partial charge >= 0.3 is 0 Å². The molecule has 0 amide bonds. The van der Waals surface area contributed by atoms with Gasteiger partial charge in [0, 0.05) is 0 Å². The van der Waals surface area contributed by atoms with Crippen molar-refractivity contribution in [3.05, 3.63) is 66.4 Å². The van der Waals surface area contributed by atoms with Crippen LogP contribution in [0.2, 0.25) is 0 Å². The second kappa shape index (κ2) is 7.09. The van der Waals surface area contributed by atoms with E-state index in [0.717, 1.165) is 33.6 Å². The third-order valence-corrected chi connectivity index (χ3v) is 4.00. The van der Waals surface area contributed by atoms with Crippen molar-refractivity contribution < 1.29 is 14.2 Å². The maximum absolute atomic E-state index is 5.33. The van der Waals surface area contributed by atoms with E-state index in [0.29, 0.717) is 0 Å². The van der Waals surface area contributed by atoms with Crippen molar-refractivity contribution in [1.29, 1.82) is 0 Å². The average Bonchev–Trinajstić information content (AvgIpc) is 2.65. The van der Waals surface area contributed by atoms with Gasteiger partial charge in [-0.05, 0) is 63.9 Å². The van der Waals surface area contributed by atoms with Crippen molar-refractivity contribution in [3.63, 3.8) is 0 Å². The Morgan fingerprint density at radius 3 is 2.12 bits per heavy atom. The molecule has 0 N–H and O–H groups in total. The van der Waals surface area contributed by atoms with Gasteiger partial charge in [0.25, 0.3) is 0 Å². The van der Waals surface area contributed by atoms with Crippen LogP contribution in [0.3, 0.4) is 0 Å². The smallest absolute Gasteiger partial charge is 0.119 e. The summed E-state index contributed by atoms with van der Waals surface area (Å²) in [5.41, 5.74) is 3.32. The molecule has 0 atom stereocenters. The number of benzene rings is 3. The van der Waals surface area contributed by atoms with Crippen LogP contribution in [0.15, 0.2) is 60.9 Å². The van der Waals surface area contributed by atoms with Gasteiger partial charge in [-0.3, -0.25) is 0 Å². The van der Waals surface area contributed by atoms with E-state index in [-0.39, 0.29) is 0 Å². The Morgan fingerprint density at radius 2 is 1.38 bits per heavy atom. The van der Waals surface area contributed by atoms with Crippen LogP contribution in [-0.2, 0) is 4.74 Å². The van der Waals surface area contributed by atoms with Crippen molar-refractivity contribution in [2.45, 2.75) is 0 Å². The largest absolute Gasteiger partial charge is 0.504 e. The summed E-state index contributed by atoms with van der Waals surface area (Å²) in [6, 6.07) is 18.5. The van der Waals surface area contributed by atoms with E-state index in [1.54, 1.807) is 27.6 Å². The standard InChI is InChI=1S/C21H20O3/c1-22-11-10-18-14-20(24-3)8-9-21(18)17-5-4-16-13-19(23-2)7-6-15(16)12-17/h4-14H,1-3H3/b11-10+. The lowest BCUT2D eigenvalue weighted by atomic mass is 9.96. The topological polar surface area (TPSA) is 27.7 Å². The molecule has 3 heteroatoms. The number of methoxy groups -OCH3 is 3. The summed E-state index contributed by atoms with van der Waals surface area (Å²) in [6.07, 6.45) is 3.61. The van der Waals surface area contributed by atoms with E-state index in [1.165, 1.54) is 5.39 Å². The van der Waals surface area contributed by atoms with Crippen LogP contribution in [0.25, 0.3) is 28.0 Å². The van der Waals surface area contributed by atoms with Gasteiger partial charge in [0.2, 0.25) is 0 Å². The molecule has 0 aromatic heterocycles. The highest BCUT2D eigenvalue weighted by molar-refractivity contribution is 5.90. The van der Waals surface area contributed by atoms with Crippen molar-refractivity contribution >= 4 is 16.8 Å². The summed E-state index contributed by atoms with van der Waals surface area (Å²) in [5, 5.41) is 2.33. The first kappa shape index (κ1) is 15.9. The highest BCUT2D eigenvalue weighted by atomic mass is 16.5. The average molecular weight is 320 g/mol. The fourth-order valence-corrected chi connectivity index (χ4v) is 2.73. The maximum atomic E-state index is 5.33. The Morgan fingerprint density at radius 1 is 0.708 bits per heavy atom. The third-order valence-electron chi connectivity index (χ3n) is 4.00. The zero-order valence-electron chi connectivity index (χ0n) is 14.1. The summed E-state index contributed by atoms with van der Waals surface area (Å²) in [7, 11) is 4.99. The van der Waals surface area contributed by atoms with Crippen molar-refractivity contribution in [3.8, 4) is 22.6 Å². The fraction of sp³-hybridized carbons (Fsp3) is 0.143. The van der Waals surface area contributed by atoms with E-state index in [1.807, 2.05) is 30.3 Å². The van der Waals surface area contributed by atoms with Crippen LogP contribution in [0.1, 0.15) is 5.56 Å². The molecule has 3 aromatic rings. The Kier molecular flexibility index (Phi) is 4.71. The fourth-order valence-electron chi connectivity index (χ4n) is 2.73. The lowest BCUT2D eigenvalue weighted by Gasteiger charge is -2.10. The molecule has 0 radical (unpaired) electrons. The zero-order valence-corrected chi connectivity index (χ0v) is 14.1. The predicted molar refractivity (Wildman–Crippen MR) is 98.5 cm³/mol. The van der Waals surface area contributed by atoms with Crippen LogP contribution >= 0.6 is 0 Å². The van der Waals surface area contributed by atoms with Crippen LogP contribution in [0.4, 0.5) is 0 Å². The van der Waals surface area contributed by atoms with Gasteiger partial charge in [-0.2, -0.15) is 0 Å². The maximum Gasteiger partial charge on any atom is 0.119 e. The summed E-state index contributed by atoms with van der Waals surface area (Å²) >= 11 is 0. The molecule has 0 saturated carbocycles.